The molecule has 0 N–H and O–H groups in total. The molecule has 0 saturated carbocycles. The van der Waals surface area contributed by atoms with Crippen LogP contribution in [0.1, 0.15) is 12.0 Å². The van der Waals surface area contributed by atoms with Crippen LogP contribution in [0.2, 0.25) is 0 Å². The fourth-order valence-corrected chi connectivity index (χ4v) is 3.46. The first-order valence-corrected chi connectivity index (χ1v) is 7.79. The van der Waals surface area contributed by atoms with Gasteiger partial charge in [0, 0.05) is 6.42 Å². The second-order valence-corrected chi connectivity index (χ2v) is 6.59. The summed E-state index contributed by atoms with van der Waals surface area (Å²) in [7, 11) is -3.52. The van der Waals surface area contributed by atoms with E-state index >= 15 is 0 Å². The third kappa shape index (κ3) is 2.32. The second kappa shape index (κ2) is 5.09. The van der Waals surface area contributed by atoms with E-state index in [0.717, 1.165) is 5.56 Å². The Morgan fingerprint density at radius 1 is 0.950 bits per heavy atom. The van der Waals surface area contributed by atoms with E-state index in [2.05, 4.69) is 5.16 Å². The second-order valence-electron chi connectivity index (χ2n) is 4.50. The van der Waals surface area contributed by atoms with Crippen molar-refractivity contribution >= 4 is 15.5 Å². The Kier molecular flexibility index (Phi) is 3.28. The smallest absolute Gasteiger partial charge is 0.237 e. The van der Waals surface area contributed by atoms with Gasteiger partial charge in [-0.2, -0.15) is 0 Å². The zero-order valence-electron chi connectivity index (χ0n) is 10.6. The van der Waals surface area contributed by atoms with E-state index in [-0.39, 0.29) is 11.3 Å². The number of oxime groups is 1. The molecule has 20 heavy (non-hydrogen) atoms. The van der Waals surface area contributed by atoms with Crippen molar-refractivity contribution in [3.8, 4) is 0 Å². The summed E-state index contributed by atoms with van der Waals surface area (Å²) in [6.07, 6.45) is 0.265. The molecule has 0 aromatic heterocycles. The van der Waals surface area contributed by atoms with E-state index in [1.165, 1.54) is 0 Å². The molecular formula is C15H13NO3S. The highest BCUT2D eigenvalue weighted by Crippen LogP contribution is 2.25. The minimum atomic E-state index is -3.52. The minimum absolute atomic E-state index is 0.259. The van der Waals surface area contributed by atoms with Gasteiger partial charge < -0.3 is 4.84 Å². The van der Waals surface area contributed by atoms with Crippen molar-refractivity contribution in [3.63, 3.8) is 0 Å². The molecule has 3 rings (SSSR count). The Balaban J connectivity index is 1.83. The SMILES string of the molecule is O=S(=O)(c1ccccc1)C1CC(c2ccccc2)=NO1. The molecule has 1 aliphatic heterocycles. The average molecular weight is 287 g/mol. The van der Waals surface area contributed by atoms with Crippen molar-refractivity contribution in [2.45, 2.75) is 16.8 Å². The van der Waals surface area contributed by atoms with Crippen LogP contribution in [-0.2, 0) is 14.7 Å². The van der Waals surface area contributed by atoms with Crippen LogP contribution in [0.15, 0.2) is 70.7 Å². The predicted molar refractivity (Wildman–Crippen MR) is 76.1 cm³/mol. The van der Waals surface area contributed by atoms with Gasteiger partial charge in [0.25, 0.3) is 0 Å². The van der Waals surface area contributed by atoms with E-state index < -0.39 is 15.3 Å². The van der Waals surface area contributed by atoms with Gasteiger partial charge in [-0.05, 0) is 17.7 Å². The molecule has 0 spiro atoms. The van der Waals surface area contributed by atoms with E-state index in [1.54, 1.807) is 30.3 Å². The molecule has 1 heterocycles. The van der Waals surface area contributed by atoms with Crippen LogP contribution in [0.4, 0.5) is 0 Å². The largest absolute Gasteiger partial charge is 0.375 e. The Hall–Kier alpha value is -2.14. The maximum absolute atomic E-state index is 12.4. The van der Waals surface area contributed by atoms with Crippen LogP contribution in [0.3, 0.4) is 0 Å². The normalized spacial score (nSPS) is 18.4. The lowest BCUT2D eigenvalue weighted by molar-refractivity contribution is 0.140. The van der Waals surface area contributed by atoms with Gasteiger partial charge in [-0.3, -0.25) is 0 Å². The van der Waals surface area contributed by atoms with Crippen LogP contribution in [0.25, 0.3) is 0 Å². The summed E-state index contributed by atoms with van der Waals surface area (Å²) in [4.78, 5) is 5.40. The third-order valence-corrected chi connectivity index (χ3v) is 5.04. The van der Waals surface area contributed by atoms with Gasteiger partial charge in [-0.1, -0.05) is 53.7 Å². The zero-order valence-corrected chi connectivity index (χ0v) is 11.5. The minimum Gasteiger partial charge on any atom is -0.375 e. The van der Waals surface area contributed by atoms with Crippen LogP contribution in [0, 0.1) is 0 Å². The van der Waals surface area contributed by atoms with Gasteiger partial charge in [0.2, 0.25) is 15.3 Å². The van der Waals surface area contributed by atoms with Crippen molar-refractivity contribution in [1.82, 2.24) is 0 Å². The van der Waals surface area contributed by atoms with Gasteiger partial charge in [0.15, 0.2) is 0 Å². The fraction of sp³-hybridized carbons (Fsp3) is 0.133. The molecule has 0 bridgehead atoms. The molecule has 1 atom stereocenters. The number of sulfone groups is 1. The first-order chi connectivity index (χ1) is 9.68. The Morgan fingerprint density at radius 2 is 1.55 bits per heavy atom. The average Bonchev–Trinajstić information content (AvgIpc) is 3.00. The number of nitrogens with zero attached hydrogens (tertiary/aromatic N) is 1. The molecular weight excluding hydrogens is 274 g/mol. The lowest BCUT2D eigenvalue weighted by atomic mass is 10.1. The maximum Gasteiger partial charge on any atom is 0.237 e. The molecule has 0 aliphatic carbocycles. The van der Waals surface area contributed by atoms with Crippen LogP contribution in [0.5, 0.6) is 0 Å². The van der Waals surface area contributed by atoms with Crippen molar-refractivity contribution < 1.29 is 13.3 Å². The lowest BCUT2D eigenvalue weighted by Gasteiger charge is -2.09. The quantitative estimate of drug-likeness (QED) is 0.872. The fourth-order valence-electron chi connectivity index (χ4n) is 2.08. The summed E-state index contributed by atoms with van der Waals surface area (Å²) in [5, 5.41) is 3.92. The Labute approximate surface area is 117 Å². The van der Waals surface area contributed by atoms with E-state index in [4.69, 9.17) is 4.84 Å². The van der Waals surface area contributed by atoms with Gasteiger partial charge in [0.05, 0.1) is 10.6 Å². The summed E-state index contributed by atoms with van der Waals surface area (Å²) >= 11 is 0. The van der Waals surface area contributed by atoms with E-state index in [0.29, 0.717) is 5.71 Å². The Morgan fingerprint density at radius 3 is 2.20 bits per heavy atom. The summed E-state index contributed by atoms with van der Waals surface area (Å²) in [5.74, 6) is 0. The first-order valence-electron chi connectivity index (χ1n) is 6.25. The molecule has 0 saturated heterocycles. The van der Waals surface area contributed by atoms with Crippen molar-refractivity contribution in [2.24, 2.45) is 5.16 Å². The molecule has 5 heteroatoms. The highest BCUT2D eigenvalue weighted by molar-refractivity contribution is 7.92. The van der Waals surface area contributed by atoms with Crippen molar-refractivity contribution in [1.29, 1.82) is 0 Å². The van der Waals surface area contributed by atoms with Crippen molar-refractivity contribution in [3.05, 3.63) is 66.2 Å². The van der Waals surface area contributed by atoms with Gasteiger partial charge >= 0.3 is 0 Å². The number of benzene rings is 2. The molecule has 102 valence electrons. The van der Waals surface area contributed by atoms with Crippen LogP contribution < -0.4 is 0 Å². The molecule has 4 nitrogen and oxygen atoms in total. The molecule has 1 aliphatic rings. The van der Waals surface area contributed by atoms with Crippen molar-refractivity contribution in [2.75, 3.05) is 0 Å². The summed E-state index contributed by atoms with van der Waals surface area (Å²) in [6, 6.07) is 17.8. The highest BCUT2D eigenvalue weighted by Gasteiger charge is 2.35. The number of hydrogen-bond donors (Lipinski definition) is 0. The van der Waals surface area contributed by atoms with Crippen LogP contribution >= 0.6 is 0 Å². The molecule has 2 aromatic rings. The summed E-state index contributed by atoms with van der Waals surface area (Å²) in [5.41, 5.74) is 0.605. The molecule has 2 aromatic carbocycles. The summed E-state index contributed by atoms with van der Waals surface area (Å²) < 4.78 is 24.8. The van der Waals surface area contributed by atoms with Gasteiger partial charge in [-0.15, -0.1) is 0 Å². The number of hydrogen-bond acceptors (Lipinski definition) is 4. The van der Waals surface area contributed by atoms with Crippen LogP contribution in [-0.4, -0.2) is 19.6 Å². The first kappa shape index (κ1) is 12.9. The van der Waals surface area contributed by atoms with E-state index in [9.17, 15) is 8.42 Å². The molecule has 1 unspecified atom stereocenters. The standard InChI is InChI=1S/C15H13NO3S/c17-20(18,13-9-5-2-6-10-13)15-11-14(16-19-15)12-7-3-1-4-8-12/h1-10,15H,11H2. The maximum atomic E-state index is 12.4. The van der Waals surface area contributed by atoms with E-state index in [1.807, 2.05) is 30.3 Å². The van der Waals surface area contributed by atoms with Gasteiger partial charge in [0.1, 0.15) is 0 Å². The highest BCUT2D eigenvalue weighted by atomic mass is 32.2. The number of rotatable bonds is 3. The van der Waals surface area contributed by atoms with Gasteiger partial charge in [-0.25, -0.2) is 8.42 Å². The topological polar surface area (TPSA) is 55.7 Å². The zero-order chi connectivity index (χ0) is 14.0. The lowest BCUT2D eigenvalue weighted by Crippen LogP contribution is -2.21. The monoisotopic (exact) mass is 287 g/mol. The molecule has 0 amide bonds. The molecule has 0 radical (unpaired) electrons. The third-order valence-electron chi connectivity index (χ3n) is 3.17. The summed E-state index contributed by atoms with van der Waals surface area (Å²) in [6.45, 7) is 0. The molecule has 0 fully saturated rings. The predicted octanol–water partition coefficient (Wildman–Crippen LogP) is 2.61. The Bertz CT molecular complexity index is 724.